The van der Waals surface area contributed by atoms with E-state index in [0.717, 1.165) is 0 Å². The van der Waals surface area contributed by atoms with Gasteiger partial charge in [-0.25, -0.2) is 13.6 Å². The minimum Gasteiger partial charge on any atom is -0.424 e. The molecule has 1 atom stereocenters. The number of nitrogens with two attached hydrogens (primary N) is 2. The predicted molar refractivity (Wildman–Crippen MR) is 112 cm³/mol. The Labute approximate surface area is 178 Å². The molecule has 0 unspecified atom stereocenters. The van der Waals surface area contributed by atoms with Gasteiger partial charge < -0.3 is 10.5 Å². The maximum atomic E-state index is 12.1. The number of benzene rings is 2. The van der Waals surface area contributed by atoms with Crippen molar-refractivity contribution >= 4 is 38.9 Å². The summed E-state index contributed by atoms with van der Waals surface area (Å²) < 4.78 is 31.7. The first kappa shape index (κ1) is 21.4. The van der Waals surface area contributed by atoms with Crippen molar-refractivity contribution in [2.75, 3.05) is 5.73 Å². The Hall–Kier alpha value is -2.33. The molecule has 0 aliphatic heterocycles. The van der Waals surface area contributed by atoms with Crippen molar-refractivity contribution in [1.29, 1.82) is 0 Å². The van der Waals surface area contributed by atoms with Crippen LogP contribution in [-0.2, 0) is 16.6 Å². The van der Waals surface area contributed by atoms with Gasteiger partial charge in [0.15, 0.2) is 0 Å². The first-order valence-corrected chi connectivity index (χ1v) is 10.9. The molecule has 8 nitrogen and oxygen atoms in total. The number of primary sulfonamides is 1. The molecule has 1 aromatic heterocycles. The van der Waals surface area contributed by atoms with E-state index in [1.165, 1.54) is 12.1 Å². The lowest BCUT2D eigenvalue weighted by Crippen LogP contribution is -2.18. The van der Waals surface area contributed by atoms with Gasteiger partial charge >= 0.3 is 6.01 Å². The Kier molecular flexibility index (Phi) is 6.04. The Bertz CT molecular complexity index is 1160. The van der Waals surface area contributed by atoms with Gasteiger partial charge in [0.05, 0.1) is 14.9 Å². The molecule has 0 amide bonds. The summed E-state index contributed by atoms with van der Waals surface area (Å²) in [4.78, 5) is -0.122. The summed E-state index contributed by atoms with van der Waals surface area (Å²) in [5, 5.41) is 14.0. The topological polar surface area (TPSA) is 126 Å². The van der Waals surface area contributed by atoms with Crippen molar-refractivity contribution in [2.24, 2.45) is 5.14 Å². The van der Waals surface area contributed by atoms with E-state index in [1.54, 1.807) is 35.8 Å². The normalized spacial score (nSPS) is 12.7. The number of nitrogen functional groups attached to an aromatic ring is 1. The van der Waals surface area contributed by atoms with Crippen LogP contribution < -0.4 is 15.6 Å². The standard InChI is InChI=1S/C18H19Cl2N5O3S/c1-3-25-17(23-24-18(25)28-12-6-4-5-11(21)9-12)10(2)15-14(29(22,26)27)8-7-13(19)16(15)20/h4-10H,3,21H2,1-2H3,(H2,22,26,27)/t10-/m1/s1. The molecule has 0 bridgehead atoms. The fourth-order valence-corrected chi connectivity index (χ4v) is 4.40. The Balaban J connectivity index is 2.09. The third-order valence-corrected chi connectivity index (χ3v) is 6.14. The van der Waals surface area contributed by atoms with Gasteiger partial charge in [-0.2, -0.15) is 0 Å². The molecule has 2 aromatic carbocycles. The van der Waals surface area contributed by atoms with Crippen LogP contribution in [0.5, 0.6) is 11.8 Å². The first-order valence-electron chi connectivity index (χ1n) is 8.60. The number of hydrogen-bond donors (Lipinski definition) is 2. The van der Waals surface area contributed by atoms with Gasteiger partial charge in [-0.1, -0.05) is 41.3 Å². The monoisotopic (exact) mass is 455 g/mol. The summed E-state index contributed by atoms with van der Waals surface area (Å²) >= 11 is 12.5. The molecule has 0 radical (unpaired) electrons. The fourth-order valence-electron chi connectivity index (χ4n) is 3.01. The van der Waals surface area contributed by atoms with Crippen molar-refractivity contribution in [3.05, 3.63) is 57.8 Å². The summed E-state index contributed by atoms with van der Waals surface area (Å²) in [6.45, 7) is 4.09. The van der Waals surface area contributed by atoms with Gasteiger partial charge in [-0.05, 0) is 31.2 Å². The molecule has 29 heavy (non-hydrogen) atoms. The Morgan fingerprint density at radius 1 is 1.21 bits per heavy atom. The van der Waals surface area contributed by atoms with Crippen LogP contribution in [0.4, 0.5) is 5.69 Å². The molecule has 0 spiro atoms. The van der Waals surface area contributed by atoms with Crippen molar-refractivity contribution in [3.63, 3.8) is 0 Å². The largest absolute Gasteiger partial charge is 0.424 e. The maximum absolute atomic E-state index is 12.1. The molecule has 4 N–H and O–H groups in total. The highest BCUT2D eigenvalue weighted by Crippen LogP contribution is 2.39. The number of halogens is 2. The summed E-state index contributed by atoms with van der Waals surface area (Å²) in [7, 11) is -4.04. The lowest BCUT2D eigenvalue weighted by atomic mass is 10.00. The SMILES string of the molecule is CCn1c(Oc2cccc(N)c2)nnc1[C@H](C)c1c(S(N)(=O)=O)ccc(Cl)c1Cl. The number of anilines is 1. The molecule has 0 fully saturated rings. The van der Waals surface area contributed by atoms with Gasteiger partial charge in [0.2, 0.25) is 10.0 Å². The second kappa shape index (κ2) is 8.19. The van der Waals surface area contributed by atoms with E-state index in [9.17, 15) is 8.42 Å². The highest BCUT2D eigenvalue weighted by molar-refractivity contribution is 7.89. The van der Waals surface area contributed by atoms with Crippen molar-refractivity contribution in [1.82, 2.24) is 14.8 Å². The highest BCUT2D eigenvalue weighted by Gasteiger charge is 2.28. The van der Waals surface area contributed by atoms with Crippen LogP contribution in [0.3, 0.4) is 0 Å². The summed E-state index contributed by atoms with van der Waals surface area (Å²) in [6, 6.07) is 9.83. The van der Waals surface area contributed by atoms with Crippen molar-refractivity contribution in [2.45, 2.75) is 31.2 Å². The van der Waals surface area contributed by atoms with Crippen molar-refractivity contribution < 1.29 is 13.2 Å². The van der Waals surface area contributed by atoms with Crippen molar-refractivity contribution in [3.8, 4) is 11.8 Å². The summed E-state index contributed by atoms with van der Waals surface area (Å²) in [5.41, 5.74) is 6.57. The Morgan fingerprint density at radius 2 is 1.93 bits per heavy atom. The molecule has 0 saturated heterocycles. The van der Waals surface area contributed by atoms with Gasteiger partial charge in [-0.3, -0.25) is 4.57 Å². The van der Waals surface area contributed by atoms with E-state index in [0.29, 0.717) is 23.8 Å². The summed E-state index contributed by atoms with van der Waals surface area (Å²) in [6.07, 6.45) is 0. The highest BCUT2D eigenvalue weighted by atomic mass is 35.5. The molecular formula is C18H19Cl2N5O3S. The summed E-state index contributed by atoms with van der Waals surface area (Å²) in [5.74, 6) is 0.359. The van der Waals surface area contributed by atoms with Crippen LogP contribution in [0.15, 0.2) is 41.3 Å². The zero-order valence-electron chi connectivity index (χ0n) is 15.6. The zero-order chi connectivity index (χ0) is 21.3. The number of nitrogens with zero attached hydrogens (tertiary/aromatic N) is 3. The van der Waals surface area contributed by atoms with Crippen LogP contribution in [0.25, 0.3) is 0 Å². The molecule has 154 valence electrons. The van der Waals surface area contributed by atoms with E-state index < -0.39 is 15.9 Å². The number of rotatable bonds is 6. The van der Waals surface area contributed by atoms with Gasteiger partial charge in [0.25, 0.3) is 0 Å². The average molecular weight is 456 g/mol. The number of aromatic nitrogens is 3. The van der Waals surface area contributed by atoms with Crippen LogP contribution in [-0.4, -0.2) is 23.2 Å². The van der Waals surface area contributed by atoms with E-state index >= 15 is 0 Å². The van der Waals surface area contributed by atoms with Gasteiger partial charge in [-0.15, -0.1) is 5.10 Å². The maximum Gasteiger partial charge on any atom is 0.322 e. The van der Waals surface area contributed by atoms with Crippen LogP contribution in [0.1, 0.15) is 31.2 Å². The Morgan fingerprint density at radius 3 is 2.55 bits per heavy atom. The quantitative estimate of drug-likeness (QED) is 0.544. The predicted octanol–water partition coefficient (Wildman–Crippen LogP) is 3.78. The number of ether oxygens (including phenoxy) is 1. The minimum atomic E-state index is -4.04. The van der Waals surface area contributed by atoms with E-state index in [2.05, 4.69) is 10.2 Å². The average Bonchev–Trinajstić information content (AvgIpc) is 3.04. The molecule has 0 saturated carbocycles. The molecule has 3 aromatic rings. The second-order valence-electron chi connectivity index (χ2n) is 6.30. The molecule has 3 rings (SSSR count). The van der Waals surface area contributed by atoms with Crippen LogP contribution in [0.2, 0.25) is 10.0 Å². The molecule has 11 heteroatoms. The zero-order valence-corrected chi connectivity index (χ0v) is 18.0. The third-order valence-electron chi connectivity index (χ3n) is 4.35. The fraction of sp³-hybridized carbons (Fsp3) is 0.222. The molecular weight excluding hydrogens is 437 g/mol. The van der Waals surface area contributed by atoms with E-state index in [1.807, 2.05) is 6.92 Å². The lowest BCUT2D eigenvalue weighted by molar-refractivity contribution is 0.410. The minimum absolute atomic E-state index is 0.0923. The van der Waals surface area contributed by atoms with Crippen LogP contribution >= 0.6 is 23.2 Å². The second-order valence-corrected chi connectivity index (χ2v) is 8.61. The molecule has 1 heterocycles. The molecule has 0 aliphatic rings. The van der Waals surface area contributed by atoms with E-state index in [-0.39, 0.29) is 26.5 Å². The third kappa shape index (κ3) is 4.32. The molecule has 0 aliphatic carbocycles. The van der Waals surface area contributed by atoms with Gasteiger partial charge in [0.1, 0.15) is 11.6 Å². The smallest absolute Gasteiger partial charge is 0.322 e. The number of hydrogen-bond acceptors (Lipinski definition) is 6. The van der Waals surface area contributed by atoms with E-state index in [4.69, 9.17) is 38.8 Å². The van der Waals surface area contributed by atoms with Gasteiger partial charge in [0, 0.05) is 29.8 Å². The van der Waals surface area contributed by atoms with Crippen LogP contribution in [0, 0.1) is 0 Å². The number of sulfonamides is 1. The lowest BCUT2D eigenvalue weighted by Gasteiger charge is -2.18. The first-order chi connectivity index (χ1) is 13.6.